The molecular formula is C19H16BrFO3. The SMILES string of the molecule is COCc1coc2cc(O[C@@H]3CCc4c(Br)ccc(F)c43)ccc12. The first-order chi connectivity index (χ1) is 11.7. The summed E-state index contributed by atoms with van der Waals surface area (Å²) in [5, 5.41) is 1.00. The predicted molar refractivity (Wildman–Crippen MR) is 92.7 cm³/mol. The molecule has 3 aromatic rings. The molecular weight excluding hydrogens is 375 g/mol. The number of rotatable bonds is 4. The first-order valence-electron chi connectivity index (χ1n) is 7.80. The summed E-state index contributed by atoms with van der Waals surface area (Å²) in [7, 11) is 1.65. The Hall–Kier alpha value is -1.85. The third kappa shape index (κ3) is 2.62. The minimum atomic E-state index is -0.275. The zero-order valence-electron chi connectivity index (χ0n) is 13.1. The minimum Gasteiger partial charge on any atom is -0.485 e. The lowest BCUT2D eigenvalue weighted by molar-refractivity contribution is 0.185. The Balaban J connectivity index is 1.64. The fourth-order valence-electron chi connectivity index (χ4n) is 3.32. The van der Waals surface area contributed by atoms with E-state index in [1.165, 1.54) is 6.07 Å². The van der Waals surface area contributed by atoms with Crippen molar-refractivity contribution in [3.63, 3.8) is 0 Å². The van der Waals surface area contributed by atoms with Gasteiger partial charge in [-0.25, -0.2) is 4.39 Å². The first-order valence-corrected chi connectivity index (χ1v) is 8.59. The van der Waals surface area contributed by atoms with Gasteiger partial charge in [-0.15, -0.1) is 0 Å². The fourth-order valence-corrected chi connectivity index (χ4v) is 3.86. The maximum atomic E-state index is 14.2. The van der Waals surface area contributed by atoms with E-state index in [1.54, 1.807) is 19.4 Å². The minimum absolute atomic E-state index is 0.211. The van der Waals surface area contributed by atoms with Crippen molar-refractivity contribution in [3.05, 3.63) is 63.6 Å². The van der Waals surface area contributed by atoms with Crippen LogP contribution in [0.5, 0.6) is 5.75 Å². The maximum absolute atomic E-state index is 14.2. The van der Waals surface area contributed by atoms with Gasteiger partial charge in [-0.1, -0.05) is 15.9 Å². The van der Waals surface area contributed by atoms with Crippen LogP contribution >= 0.6 is 15.9 Å². The third-order valence-electron chi connectivity index (χ3n) is 4.43. The second-order valence-electron chi connectivity index (χ2n) is 5.92. The standard InChI is InChI=1S/C19H16BrFO3/c1-22-9-11-10-23-18-8-12(2-3-13(11)18)24-17-7-4-14-15(20)5-6-16(21)19(14)17/h2-3,5-6,8,10,17H,4,7,9H2,1H3/t17-/m1/s1. The Morgan fingerprint density at radius 1 is 1.29 bits per heavy atom. The Kier molecular flexibility index (Phi) is 4.06. The number of methoxy groups -OCH3 is 1. The van der Waals surface area contributed by atoms with Gasteiger partial charge in [-0.2, -0.15) is 0 Å². The van der Waals surface area contributed by atoms with E-state index in [1.807, 2.05) is 18.2 Å². The largest absolute Gasteiger partial charge is 0.485 e. The van der Waals surface area contributed by atoms with Crippen LogP contribution in [0.4, 0.5) is 4.39 Å². The highest BCUT2D eigenvalue weighted by molar-refractivity contribution is 9.10. The van der Waals surface area contributed by atoms with E-state index >= 15 is 0 Å². The van der Waals surface area contributed by atoms with E-state index in [-0.39, 0.29) is 11.9 Å². The zero-order valence-corrected chi connectivity index (χ0v) is 14.7. The number of ether oxygens (including phenoxy) is 2. The van der Waals surface area contributed by atoms with Crippen molar-refractivity contribution in [2.45, 2.75) is 25.6 Å². The van der Waals surface area contributed by atoms with Gasteiger partial charge in [-0.05, 0) is 42.7 Å². The molecule has 1 heterocycles. The molecule has 24 heavy (non-hydrogen) atoms. The first kappa shape index (κ1) is 15.7. The summed E-state index contributed by atoms with van der Waals surface area (Å²) in [6.07, 6.45) is 2.99. The number of furan rings is 1. The molecule has 0 radical (unpaired) electrons. The number of halogens is 2. The number of benzene rings is 2. The quantitative estimate of drug-likeness (QED) is 0.585. The van der Waals surface area contributed by atoms with Crippen LogP contribution in [0.25, 0.3) is 11.0 Å². The van der Waals surface area contributed by atoms with Gasteiger partial charge in [-0.3, -0.25) is 0 Å². The van der Waals surface area contributed by atoms with Crippen LogP contribution in [0.15, 0.2) is 45.5 Å². The van der Waals surface area contributed by atoms with Crippen LogP contribution in [0.2, 0.25) is 0 Å². The van der Waals surface area contributed by atoms with Crippen molar-refractivity contribution < 1.29 is 18.3 Å². The molecule has 0 spiro atoms. The monoisotopic (exact) mass is 390 g/mol. The highest BCUT2D eigenvalue weighted by Crippen LogP contribution is 2.40. The molecule has 0 N–H and O–H groups in total. The van der Waals surface area contributed by atoms with E-state index in [9.17, 15) is 4.39 Å². The molecule has 1 atom stereocenters. The van der Waals surface area contributed by atoms with Gasteiger partial charge < -0.3 is 13.9 Å². The van der Waals surface area contributed by atoms with Gasteiger partial charge in [0, 0.05) is 34.2 Å². The van der Waals surface area contributed by atoms with Gasteiger partial charge in [0.05, 0.1) is 12.9 Å². The average Bonchev–Trinajstić information content (AvgIpc) is 3.17. The second kappa shape index (κ2) is 6.22. The molecule has 0 fully saturated rings. The zero-order chi connectivity index (χ0) is 16.7. The molecule has 0 saturated carbocycles. The summed E-state index contributed by atoms with van der Waals surface area (Å²) < 4.78 is 32.0. The average molecular weight is 391 g/mol. The van der Waals surface area contributed by atoms with Crippen LogP contribution < -0.4 is 4.74 Å². The van der Waals surface area contributed by atoms with E-state index < -0.39 is 0 Å². The van der Waals surface area contributed by atoms with Gasteiger partial charge in [0.15, 0.2) is 0 Å². The molecule has 1 aromatic heterocycles. The summed E-state index contributed by atoms with van der Waals surface area (Å²) in [6.45, 7) is 0.502. The van der Waals surface area contributed by atoms with E-state index in [0.29, 0.717) is 17.9 Å². The van der Waals surface area contributed by atoms with Crippen molar-refractivity contribution >= 4 is 26.9 Å². The Labute approximate surface area is 147 Å². The van der Waals surface area contributed by atoms with Crippen molar-refractivity contribution in [1.82, 2.24) is 0 Å². The Bertz CT molecular complexity index is 903. The number of hydrogen-bond acceptors (Lipinski definition) is 3. The van der Waals surface area contributed by atoms with Gasteiger partial charge in [0.2, 0.25) is 0 Å². The lowest BCUT2D eigenvalue weighted by Gasteiger charge is -2.16. The third-order valence-corrected chi connectivity index (χ3v) is 5.17. The summed E-state index contributed by atoms with van der Waals surface area (Å²) >= 11 is 3.50. The highest BCUT2D eigenvalue weighted by atomic mass is 79.9. The van der Waals surface area contributed by atoms with Crippen LogP contribution in [-0.4, -0.2) is 7.11 Å². The molecule has 0 bridgehead atoms. The molecule has 1 aliphatic carbocycles. The van der Waals surface area contributed by atoms with Crippen LogP contribution in [0, 0.1) is 5.82 Å². The second-order valence-corrected chi connectivity index (χ2v) is 6.77. The van der Waals surface area contributed by atoms with E-state index in [4.69, 9.17) is 13.9 Å². The van der Waals surface area contributed by atoms with Gasteiger partial charge in [0.25, 0.3) is 0 Å². The summed E-state index contributed by atoms with van der Waals surface area (Å²) in [6, 6.07) is 8.93. The van der Waals surface area contributed by atoms with Crippen LogP contribution in [-0.2, 0) is 17.8 Å². The maximum Gasteiger partial charge on any atom is 0.137 e. The molecule has 3 nitrogen and oxygen atoms in total. The van der Waals surface area contributed by atoms with E-state index in [0.717, 1.165) is 39.4 Å². The summed E-state index contributed by atoms with van der Waals surface area (Å²) in [5.41, 5.74) is 3.40. The lowest BCUT2D eigenvalue weighted by Crippen LogP contribution is -2.05. The number of fused-ring (bicyclic) bond motifs is 2. The smallest absolute Gasteiger partial charge is 0.137 e. The Morgan fingerprint density at radius 3 is 3.00 bits per heavy atom. The highest BCUT2D eigenvalue weighted by Gasteiger charge is 2.29. The predicted octanol–water partition coefficient (Wildman–Crippen LogP) is 5.55. The molecule has 0 aliphatic heterocycles. The Morgan fingerprint density at radius 2 is 2.17 bits per heavy atom. The molecule has 0 saturated heterocycles. The molecule has 4 rings (SSSR count). The van der Waals surface area contributed by atoms with Crippen LogP contribution in [0.3, 0.4) is 0 Å². The van der Waals surface area contributed by atoms with Gasteiger partial charge in [0.1, 0.15) is 23.3 Å². The van der Waals surface area contributed by atoms with Crippen molar-refractivity contribution in [2.75, 3.05) is 7.11 Å². The number of hydrogen-bond donors (Lipinski definition) is 0. The normalized spacial score (nSPS) is 16.5. The van der Waals surface area contributed by atoms with E-state index in [2.05, 4.69) is 15.9 Å². The molecule has 0 amide bonds. The lowest BCUT2D eigenvalue weighted by atomic mass is 10.1. The molecule has 124 valence electrons. The summed E-state index contributed by atoms with van der Waals surface area (Å²) in [4.78, 5) is 0. The molecule has 2 aromatic carbocycles. The van der Waals surface area contributed by atoms with Crippen molar-refractivity contribution in [2.24, 2.45) is 0 Å². The van der Waals surface area contributed by atoms with Crippen molar-refractivity contribution in [1.29, 1.82) is 0 Å². The van der Waals surface area contributed by atoms with Crippen LogP contribution in [0.1, 0.15) is 29.2 Å². The topological polar surface area (TPSA) is 31.6 Å². The summed E-state index contributed by atoms with van der Waals surface area (Å²) in [5.74, 6) is 0.468. The van der Waals surface area contributed by atoms with Crippen molar-refractivity contribution in [3.8, 4) is 5.75 Å². The molecule has 1 aliphatic rings. The van der Waals surface area contributed by atoms with Gasteiger partial charge >= 0.3 is 0 Å². The molecule has 0 unspecified atom stereocenters. The fraction of sp³-hybridized carbons (Fsp3) is 0.263. The molecule has 5 heteroatoms.